The number of hydrogen-bond donors (Lipinski definition) is 1. The molecule has 0 aromatic heterocycles. The third-order valence-electron chi connectivity index (χ3n) is 4.69. The Morgan fingerprint density at radius 2 is 2.10 bits per heavy atom. The van der Waals surface area contributed by atoms with Gasteiger partial charge in [0.25, 0.3) is 0 Å². The molecule has 0 aromatic carbocycles. The van der Waals surface area contributed by atoms with Gasteiger partial charge in [-0.05, 0) is 65.2 Å². The van der Waals surface area contributed by atoms with Crippen LogP contribution in [0.1, 0.15) is 39.0 Å². The number of nitriles is 1. The van der Waals surface area contributed by atoms with Crippen molar-refractivity contribution in [3.05, 3.63) is 0 Å². The Bertz CT molecular complexity index is 345. The van der Waals surface area contributed by atoms with Crippen molar-refractivity contribution in [2.45, 2.75) is 50.6 Å². The highest BCUT2D eigenvalue weighted by atomic mass is 15.2. The minimum Gasteiger partial charge on any atom is -0.308 e. The lowest BCUT2D eigenvalue weighted by Gasteiger charge is -2.36. The molecular formula is C16H30N4. The standard InChI is InChI=1S/C16H30N4/c1-4-9-18-16(12-17,14-7-8-14)13-20-10-5-6-15(20)11-19(2)3/h14-15,18H,4-11,13H2,1-3H3. The summed E-state index contributed by atoms with van der Waals surface area (Å²) in [6.07, 6.45) is 6.08. The first kappa shape index (κ1) is 15.8. The second kappa shape index (κ2) is 6.89. The van der Waals surface area contributed by atoms with Crippen molar-refractivity contribution in [2.24, 2.45) is 5.92 Å². The van der Waals surface area contributed by atoms with Crippen molar-refractivity contribution >= 4 is 0 Å². The van der Waals surface area contributed by atoms with Gasteiger partial charge in [-0.25, -0.2) is 0 Å². The summed E-state index contributed by atoms with van der Waals surface area (Å²) in [5.74, 6) is 0.569. The summed E-state index contributed by atoms with van der Waals surface area (Å²) in [7, 11) is 4.29. The van der Waals surface area contributed by atoms with Gasteiger partial charge in [0.2, 0.25) is 0 Å². The molecular weight excluding hydrogens is 248 g/mol. The van der Waals surface area contributed by atoms with Crippen LogP contribution in [-0.2, 0) is 0 Å². The van der Waals surface area contributed by atoms with Gasteiger partial charge in [-0.2, -0.15) is 5.26 Å². The fraction of sp³-hybridized carbons (Fsp3) is 0.938. The second-order valence-electron chi connectivity index (χ2n) is 6.81. The van der Waals surface area contributed by atoms with Gasteiger partial charge in [0.05, 0.1) is 6.07 Å². The van der Waals surface area contributed by atoms with Crippen molar-refractivity contribution < 1.29 is 0 Å². The van der Waals surface area contributed by atoms with Crippen LogP contribution < -0.4 is 5.32 Å². The fourth-order valence-corrected chi connectivity index (χ4v) is 3.47. The lowest BCUT2D eigenvalue weighted by Crippen LogP contribution is -2.56. The molecule has 2 aliphatic rings. The predicted octanol–water partition coefficient (Wildman–Crippen LogP) is 1.68. The smallest absolute Gasteiger partial charge is 0.122 e. The molecule has 0 spiro atoms. The van der Waals surface area contributed by atoms with Gasteiger partial charge in [-0.3, -0.25) is 10.2 Å². The molecule has 1 saturated heterocycles. The summed E-state index contributed by atoms with van der Waals surface area (Å²) in [4.78, 5) is 4.83. The summed E-state index contributed by atoms with van der Waals surface area (Å²) in [6, 6.07) is 3.27. The molecule has 1 heterocycles. The summed E-state index contributed by atoms with van der Waals surface area (Å²) in [5.41, 5.74) is -0.301. The van der Waals surface area contributed by atoms with Crippen LogP contribution in [0, 0.1) is 17.2 Å². The zero-order chi connectivity index (χ0) is 14.6. The van der Waals surface area contributed by atoms with Crippen molar-refractivity contribution in [3.63, 3.8) is 0 Å². The molecule has 0 radical (unpaired) electrons. The first-order chi connectivity index (χ1) is 9.61. The Kier molecular flexibility index (Phi) is 5.42. The molecule has 2 fully saturated rings. The topological polar surface area (TPSA) is 42.3 Å². The Morgan fingerprint density at radius 1 is 1.35 bits per heavy atom. The molecule has 1 saturated carbocycles. The van der Waals surface area contributed by atoms with E-state index in [9.17, 15) is 5.26 Å². The van der Waals surface area contributed by atoms with Crippen molar-refractivity contribution in [1.29, 1.82) is 5.26 Å². The molecule has 20 heavy (non-hydrogen) atoms. The zero-order valence-electron chi connectivity index (χ0n) is 13.4. The molecule has 0 bridgehead atoms. The van der Waals surface area contributed by atoms with Crippen molar-refractivity contribution in [3.8, 4) is 6.07 Å². The highest BCUT2D eigenvalue weighted by Gasteiger charge is 2.47. The van der Waals surface area contributed by atoms with Crippen molar-refractivity contribution in [2.75, 3.05) is 40.3 Å². The van der Waals surface area contributed by atoms with Gasteiger partial charge >= 0.3 is 0 Å². The zero-order valence-corrected chi connectivity index (χ0v) is 13.4. The summed E-state index contributed by atoms with van der Waals surface area (Å²) in [6.45, 7) is 6.30. The average molecular weight is 278 g/mol. The third-order valence-corrected chi connectivity index (χ3v) is 4.69. The maximum atomic E-state index is 9.79. The lowest BCUT2D eigenvalue weighted by molar-refractivity contribution is 0.159. The van der Waals surface area contributed by atoms with Crippen LogP contribution in [0.4, 0.5) is 0 Å². The number of nitrogens with one attached hydrogen (secondary N) is 1. The Labute approximate surface area is 124 Å². The molecule has 4 heteroatoms. The third kappa shape index (κ3) is 3.72. The lowest BCUT2D eigenvalue weighted by atomic mass is 9.93. The van der Waals surface area contributed by atoms with Crippen LogP contribution in [0.2, 0.25) is 0 Å². The van der Waals surface area contributed by atoms with Gasteiger partial charge in [0.1, 0.15) is 5.54 Å². The maximum absolute atomic E-state index is 9.79. The van der Waals surface area contributed by atoms with E-state index in [2.05, 4.69) is 42.2 Å². The van der Waals surface area contributed by atoms with E-state index in [0.29, 0.717) is 12.0 Å². The quantitative estimate of drug-likeness (QED) is 0.733. The first-order valence-electron chi connectivity index (χ1n) is 8.16. The average Bonchev–Trinajstić information content (AvgIpc) is 3.19. The highest BCUT2D eigenvalue weighted by molar-refractivity contribution is 5.17. The highest BCUT2D eigenvalue weighted by Crippen LogP contribution is 2.40. The number of likely N-dealkylation sites (N-methyl/N-ethyl adjacent to an activating group) is 1. The van der Waals surface area contributed by atoms with Crippen LogP contribution >= 0.6 is 0 Å². The van der Waals surface area contributed by atoms with Crippen molar-refractivity contribution in [1.82, 2.24) is 15.1 Å². The van der Waals surface area contributed by atoms with Gasteiger partial charge in [-0.15, -0.1) is 0 Å². The van der Waals surface area contributed by atoms with E-state index in [4.69, 9.17) is 0 Å². The molecule has 114 valence electrons. The van der Waals surface area contributed by atoms with E-state index in [1.54, 1.807) is 0 Å². The molecule has 2 atom stereocenters. The Morgan fingerprint density at radius 3 is 2.65 bits per heavy atom. The van der Waals surface area contributed by atoms with Gasteiger partial charge in [0.15, 0.2) is 0 Å². The molecule has 1 N–H and O–H groups in total. The normalized spacial score (nSPS) is 26.6. The van der Waals surface area contributed by atoms with E-state index in [-0.39, 0.29) is 5.54 Å². The number of rotatable bonds is 8. The number of likely N-dealkylation sites (tertiary alicyclic amines) is 1. The summed E-state index contributed by atoms with van der Waals surface area (Å²) in [5, 5.41) is 13.4. The monoisotopic (exact) mass is 278 g/mol. The number of nitrogens with zero attached hydrogens (tertiary/aromatic N) is 3. The molecule has 4 nitrogen and oxygen atoms in total. The predicted molar refractivity (Wildman–Crippen MR) is 82.5 cm³/mol. The van der Waals surface area contributed by atoms with Crippen LogP contribution in [0.15, 0.2) is 0 Å². The maximum Gasteiger partial charge on any atom is 0.122 e. The minimum atomic E-state index is -0.301. The molecule has 0 amide bonds. The number of hydrogen-bond acceptors (Lipinski definition) is 4. The molecule has 2 rings (SSSR count). The summed E-state index contributed by atoms with van der Waals surface area (Å²) >= 11 is 0. The van der Waals surface area contributed by atoms with Gasteiger partial charge in [0, 0.05) is 19.1 Å². The van der Waals surface area contributed by atoms with E-state index >= 15 is 0 Å². The van der Waals surface area contributed by atoms with E-state index in [0.717, 1.165) is 32.6 Å². The molecule has 1 aliphatic carbocycles. The summed E-state index contributed by atoms with van der Waals surface area (Å²) < 4.78 is 0. The molecule has 0 aromatic rings. The van der Waals surface area contributed by atoms with Crippen LogP contribution in [0.3, 0.4) is 0 Å². The van der Waals surface area contributed by atoms with E-state index < -0.39 is 0 Å². The second-order valence-corrected chi connectivity index (χ2v) is 6.81. The van der Waals surface area contributed by atoms with E-state index in [1.807, 2.05) is 0 Å². The largest absolute Gasteiger partial charge is 0.308 e. The van der Waals surface area contributed by atoms with Crippen LogP contribution in [-0.4, -0.2) is 61.7 Å². The SMILES string of the molecule is CCCNC(C#N)(CN1CCCC1CN(C)C)C1CC1. The molecule has 2 unspecified atom stereocenters. The van der Waals surface area contributed by atoms with E-state index in [1.165, 1.54) is 25.7 Å². The minimum absolute atomic E-state index is 0.301. The Balaban J connectivity index is 2.01. The first-order valence-corrected chi connectivity index (χ1v) is 8.16. The fourth-order valence-electron chi connectivity index (χ4n) is 3.47. The molecule has 1 aliphatic heterocycles. The van der Waals surface area contributed by atoms with Crippen LogP contribution in [0.25, 0.3) is 0 Å². The van der Waals surface area contributed by atoms with Crippen LogP contribution in [0.5, 0.6) is 0 Å². The Hall–Kier alpha value is -0.630. The van der Waals surface area contributed by atoms with Gasteiger partial charge < -0.3 is 4.90 Å². The van der Waals surface area contributed by atoms with Gasteiger partial charge in [-0.1, -0.05) is 6.92 Å².